The van der Waals surface area contributed by atoms with Gasteiger partial charge in [0.25, 0.3) is 5.91 Å². The Kier molecular flexibility index (Phi) is 4.62. The fourth-order valence-corrected chi connectivity index (χ4v) is 4.29. The van der Waals surface area contributed by atoms with Crippen molar-refractivity contribution in [2.45, 2.75) is 33.6 Å². The highest BCUT2D eigenvalue weighted by molar-refractivity contribution is 6.00. The number of benzene rings is 1. The van der Waals surface area contributed by atoms with Gasteiger partial charge in [0.2, 0.25) is 0 Å². The number of amides is 1. The molecule has 0 N–H and O–H groups in total. The van der Waals surface area contributed by atoms with Gasteiger partial charge in [0.05, 0.1) is 22.6 Å². The second-order valence-corrected chi connectivity index (χ2v) is 8.90. The maximum Gasteiger partial charge on any atom is 0.253 e. The lowest BCUT2D eigenvalue weighted by molar-refractivity contribution is 0.0664. The van der Waals surface area contributed by atoms with Crippen LogP contribution in [0.25, 0.3) is 5.69 Å². The molecule has 1 aromatic carbocycles. The third kappa shape index (κ3) is 3.37. The first kappa shape index (κ1) is 18.9. The van der Waals surface area contributed by atoms with Crippen LogP contribution in [-0.4, -0.2) is 64.5 Å². The van der Waals surface area contributed by atoms with E-state index < -0.39 is 0 Å². The Morgan fingerprint density at radius 1 is 1.04 bits per heavy atom. The van der Waals surface area contributed by atoms with Crippen LogP contribution in [0.5, 0.6) is 0 Å². The van der Waals surface area contributed by atoms with E-state index in [1.807, 2.05) is 40.8 Å². The molecule has 4 rings (SSSR count). The maximum absolute atomic E-state index is 12.8. The summed E-state index contributed by atoms with van der Waals surface area (Å²) >= 11 is 0. The molecule has 0 unspecified atom stereocenters. The van der Waals surface area contributed by atoms with Crippen LogP contribution in [0.4, 0.5) is 0 Å². The van der Waals surface area contributed by atoms with E-state index in [-0.39, 0.29) is 17.1 Å². The van der Waals surface area contributed by atoms with Gasteiger partial charge in [0.1, 0.15) is 0 Å². The first-order valence-electron chi connectivity index (χ1n) is 9.95. The van der Waals surface area contributed by atoms with Gasteiger partial charge >= 0.3 is 0 Å². The number of Topliss-reactive ketones (excluding diaryl/α,β-unsaturated/α-hetero) is 1. The monoisotopic (exact) mass is 380 g/mol. The summed E-state index contributed by atoms with van der Waals surface area (Å²) < 4.78 is 1.88. The van der Waals surface area contributed by atoms with E-state index in [0.717, 1.165) is 55.2 Å². The van der Waals surface area contributed by atoms with Gasteiger partial charge in [-0.2, -0.15) is 5.10 Å². The predicted octanol–water partition coefficient (Wildman–Crippen LogP) is 2.72. The number of likely N-dealkylation sites (N-methyl/N-ethyl adjacent to an activating group) is 1. The molecular formula is C22H28N4O2. The molecular weight excluding hydrogens is 352 g/mol. The highest BCUT2D eigenvalue weighted by atomic mass is 16.2. The van der Waals surface area contributed by atoms with Gasteiger partial charge in [-0.05, 0) is 50.1 Å². The molecule has 2 heterocycles. The van der Waals surface area contributed by atoms with Crippen molar-refractivity contribution < 1.29 is 9.59 Å². The minimum atomic E-state index is -0.0639. The van der Waals surface area contributed by atoms with Gasteiger partial charge in [0, 0.05) is 38.2 Å². The summed E-state index contributed by atoms with van der Waals surface area (Å²) in [5.74, 6) is 0.256. The number of hydrogen-bond acceptors (Lipinski definition) is 4. The normalized spacial score (nSPS) is 19.6. The van der Waals surface area contributed by atoms with E-state index in [1.54, 1.807) is 0 Å². The quantitative estimate of drug-likeness (QED) is 0.804. The Morgan fingerprint density at radius 2 is 1.68 bits per heavy atom. The van der Waals surface area contributed by atoms with Crippen molar-refractivity contribution in [1.29, 1.82) is 0 Å². The molecule has 0 saturated carbocycles. The summed E-state index contributed by atoms with van der Waals surface area (Å²) in [4.78, 5) is 29.5. The summed E-state index contributed by atoms with van der Waals surface area (Å²) in [7, 11) is 2.08. The SMILES string of the molecule is Cc1nn(-c2ccc(C(=O)N3CCN(C)CC3)cc2)c2c1C(=O)CC(C)(C)C2. The first-order chi connectivity index (χ1) is 13.2. The van der Waals surface area contributed by atoms with E-state index >= 15 is 0 Å². The van der Waals surface area contributed by atoms with E-state index in [9.17, 15) is 9.59 Å². The molecule has 1 aliphatic carbocycles. The molecule has 28 heavy (non-hydrogen) atoms. The van der Waals surface area contributed by atoms with Crippen LogP contribution in [0, 0.1) is 12.3 Å². The van der Waals surface area contributed by atoms with Gasteiger partial charge in [-0.1, -0.05) is 13.8 Å². The highest BCUT2D eigenvalue weighted by Crippen LogP contribution is 2.36. The second-order valence-electron chi connectivity index (χ2n) is 8.90. The third-order valence-corrected chi connectivity index (χ3v) is 5.87. The largest absolute Gasteiger partial charge is 0.336 e. The summed E-state index contributed by atoms with van der Waals surface area (Å²) in [6, 6.07) is 7.61. The van der Waals surface area contributed by atoms with Crippen molar-refractivity contribution in [3.8, 4) is 5.69 Å². The van der Waals surface area contributed by atoms with Crippen LogP contribution in [0.3, 0.4) is 0 Å². The molecule has 1 amide bonds. The number of ketones is 1. The number of aryl methyl sites for hydroxylation is 1. The molecule has 0 atom stereocenters. The fourth-order valence-electron chi connectivity index (χ4n) is 4.29. The number of carbonyl (C=O) groups is 2. The fraction of sp³-hybridized carbons (Fsp3) is 0.500. The molecule has 1 saturated heterocycles. The Bertz CT molecular complexity index is 919. The average Bonchev–Trinajstić information content (AvgIpc) is 2.97. The molecule has 0 bridgehead atoms. The van der Waals surface area contributed by atoms with Crippen molar-refractivity contribution in [3.05, 3.63) is 46.8 Å². The molecule has 2 aliphatic rings. The van der Waals surface area contributed by atoms with Gasteiger partial charge in [0.15, 0.2) is 5.78 Å². The summed E-state index contributed by atoms with van der Waals surface area (Å²) in [5, 5.41) is 4.65. The molecule has 2 aromatic rings. The van der Waals surface area contributed by atoms with Crippen LogP contribution < -0.4 is 0 Å². The summed E-state index contributed by atoms with van der Waals surface area (Å²) in [5.41, 5.74) is 4.07. The van der Waals surface area contributed by atoms with E-state index in [0.29, 0.717) is 12.0 Å². The Balaban J connectivity index is 1.61. The van der Waals surface area contributed by atoms with Crippen LogP contribution in [0.1, 0.15) is 52.4 Å². The number of rotatable bonds is 2. The Labute approximate surface area is 166 Å². The number of hydrogen-bond donors (Lipinski definition) is 0. The number of nitrogens with zero attached hydrogens (tertiary/aromatic N) is 4. The minimum Gasteiger partial charge on any atom is -0.336 e. The Morgan fingerprint density at radius 3 is 2.32 bits per heavy atom. The third-order valence-electron chi connectivity index (χ3n) is 5.87. The summed E-state index contributed by atoms with van der Waals surface area (Å²) in [6.07, 6.45) is 1.38. The van der Waals surface area contributed by atoms with Crippen LogP contribution in [0.2, 0.25) is 0 Å². The smallest absolute Gasteiger partial charge is 0.253 e. The van der Waals surface area contributed by atoms with Gasteiger partial charge in [-0.15, -0.1) is 0 Å². The lowest BCUT2D eigenvalue weighted by Gasteiger charge is -2.32. The zero-order valence-electron chi connectivity index (χ0n) is 17.2. The molecule has 0 spiro atoms. The molecule has 1 fully saturated rings. The maximum atomic E-state index is 12.8. The van der Waals surface area contributed by atoms with E-state index in [2.05, 4.69) is 30.9 Å². The zero-order valence-corrected chi connectivity index (χ0v) is 17.2. The van der Waals surface area contributed by atoms with Crippen LogP contribution in [-0.2, 0) is 6.42 Å². The topological polar surface area (TPSA) is 58.4 Å². The molecule has 0 radical (unpaired) electrons. The number of piperazine rings is 1. The van der Waals surface area contributed by atoms with Gasteiger partial charge in [-0.25, -0.2) is 4.68 Å². The lowest BCUT2D eigenvalue weighted by atomic mass is 9.75. The lowest BCUT2D eigenvalue weighted by Crippen LogP contribution is -2.47. The number of carbonyl (C=O) groups excluding carboxylic acids is 2. The number of aromatic nitrogens is 2. The standard InChI is InChI=1S/C22H28N4O2/c1-15-20-18(13-22(2,3)14-19(20)27)26(23-15)17-7-5-16(6-8-17)21(28)25-11-9-24(4)10-12-25/h5-8H,9-14H2,1-4H3. The second kappa shape index (κ2) is 6.85. The molecule has 148 valence electrons. The van der Waals surface area contributed by atoms with Crippen LogP contribution >= 0.6 is 0 Å². The van der Waals surface area contributed by atoms with Crippen LogP contribution in [0.15, 0.2) is 24.3 Å². The number of fused-ring (bicyclic) bond motifs is 1. The van der Waals surface area contributed by atoms with Crippen molar-refractivity contribution in [3.63, 3.8) is 0 Å². The minimum absolute atomic E-state index is 0.0639. The molecule has 1 aromatic heterocycles. The predicted molar refractivity (Wildman–Crippen MR) is 108 cm³/mol. The molecule has 1 aliphatic heterocycles. The highest BCUT2D eigenvalue weighted by Gasteiger charge is 2.35. The van der Waals surface area contributed by atoms with Gasteiger partial charge in [-0.3, -0.25) is 9.59 Å². The van der Waals surface area contributed by atoms with E-state index in [4.69, 9.17) is 0 Å². The molecule has 6 heteroatoms. The average molecular weight is 380 g/mol. The van der Waals surface area contributed by atoms with Gasteiger partial charge < -0.3 is 9.80 Å². The summed E-state index contributed by atoms with van der Waals surface area (Å²) in [6.45, 7) is 9.49. The van der Waals surface area contributed by atoms with Crippen molar-refractivity contribution >= 4 is 11.7 Å². The first-order valence-corrected chi connectivity index (χ1v) is 9.95. The van der Waals surface area contributed by atoms with Crippen molar-refractivity contribution in [2.24, 2.45) is 5.41 Å². The Hall–Kier alpha value is -2.47. The molecule has 6 nitrogen and oxygen atoms in total. The van der Waals surface area contributed by atoms with Crippen molar-refractivity contribution in [1.82, 2.24) is 19.6 Å². The van der Waals surface area contributed by atoms with Crippen molar-refractivity contribution in [2.75, 3.05) is 33.2 Å². The zero-order chi connectivity index (χ0) is 20.1. The van der Waals surface area contributed by atoms with E-state index in [1.165, 1.54) is 0 Å².